The molecule has 1 aromatic carbocycles. The molecular formula is C28H39FN6O. The van der Waals surface area contributed by atoms with Crippen LogP contribution in [0, 0.1) is 12.7 Å². The van der Waals surface area contributed by atoms with E-state index in [9.17, 15) is 4.39 Å². The van der Waals surface area contributed by atoms with Gasteiger partial charge in [0.25, 0.3) is 0 Å². The minimum Gasteiger partial charge on any atom is -0.484 e. The fourth-order valence-electron chi connectivity index (χ4n) is 4.89. The van der Waals surface area contributed by atoms with Crippen molar-refractivity contribution in [3.8, 4) is 17.0 Å². The van der Waals surface area contributed by atoms with Crippen LogP contribution < -0.4 is 15.4 Å². The molecule has 36 heavy (non-hydrogen) atoms. The molecular weight excluding hydrogens is 455 g/mol. The van der Waals surface area contributed by atoms with E-state index in [2.05, 4.69) is 32.6 Å². The number of anilines is 2. The summed E-state index contributed by atoms with van der Waals surface area (Å²) in [7, 11) is 0. The number of imidazole rings is 1. The Morgan fingerprint density at radius 3 is 2.61 bits per heavy atom. The third kappa shape index (κ3) is 5.97. The van der Waals surface area contributed by atoms with Crippen LogP contribution >= 0.6 is 0 Å². The Morgan fingerprint density at radius 1 is 1.14 bits per heavy atom. The number of piperidine rings is 1. The highest BCUT2D eigenvalue weighted by molar-refractivity contribution is 5.63. The van der Waals surface area contributed by atoms with E-state index in [1.54, 1.807) is 6.92 Å². The molecule has 8 heteroatoms. The van der Waals surface area contributed by atoms with Gasteiger partial charge >= 0.3 is 0 Å². The lowest BCUT2D eigenvalue weighted by atomic mass is 9.95. The van der Waals surface area contributed by atoms with Crippen LogP contribution in [0.5, 0.6) is 5.75 Å². The highest BCUT2D eigenvalue weighted by atomic mass is 19.1. The second-order valence-corrected chi connectivity index (χ2v) is 10.0. The number of unbranched alkanes of at least 4 members (excludes halogenated alkanes) is 3. The Bertz CT molecular complexity index is 1150. The van der Waals surface area contributed by atoms with Gasteiger partial charge in [0, 0.05) is 37.3 Å². The fourth-order valence-corrected chi connectivity index (χ4v) is 4.89. The van der Waals surface area contributed by atoms with Gasteiger partial charge in [0.05, 0.1) is 11.8 Å². The van der Waals surface area contributed by atoms with E-state index in [1.807, 2.05) is 26.0 Å². The van der Waals surface area contributed by atoms with Crippen LogP contribution in [0.3, 0.4) is 0 Å². The molecule has 0 radical (unpaired) electrons. The third-order valence-corrected chi connectivity index (χ3v) is 6.84. The fraction of sp³-hybridized carbons (Fsp3) is 0.536. The first-order valence-electron chi connectivity index (χ1n) is 13.2. The molecule has 0 atom stereocenters. The average Bonchev–Trinajstić information content (AvgIpc) is 3.29. The molecule has 0 saturated carbocycles. The summed E-state index contributed by atoms with van der Waals surface area (Å²) < 4.78 is 22.2. The predicted octanol–water partition coefficient (Wildman–Crippen LogP) is 6.12. The van der Waals surface area contributed by atoms with Crippen LogP contribution in [0.4, 0.5) is 16.0 Å². The number of hydrogen-bond acceptors (Lipinski definition) is 6. The molecule has 0 unspecified atom stereocenters. The third-order valence-electron chi connectivity index (χ3n) is 6.84. The first kappa shape index (κ1) is 25.9. The summed E-state index contributed by atoms with van der Waals surface area (Å²) >= 11 is 0. The lowest BCUT2D eigenvalue weighted by Gasteiger charge is -2.33. The Hall–Kier alpha value is -3.16. The number of rotatable bonds is 10. The molecule has 194 valence electrons. The molecule has 7 nitrogen and oxygen atoms in total. The van der Waals surface area contributed by atoms with E-state index >= 15 is 0 Å². The number of nitrogen functional groups attached to an aromatic ring is 1. The number of aryl methyl sites for hydroxylation is 2. The molecule has 0 aliphatic carbocycles. The van der Waals surface area contributed by atoms with Crippen LogP contribution in [0.15, 0.2) is 30.7 Å². The number of nitrogens with zero attached hydrogens (tertiary/aromatic N) is 5. The van der Waals surface area contributed by atoms with Crippen molar-refractivity contribution >= 4 is 11.6 Å². The highest BCUT2D eigenvalue weighted by Crippen LogP contribution is 2.36. The molecule has 3 aromatic rings. The molecule has 2 N–H and O–H groups in total. The van der Waals surface area contributed by atoms with Crippen molar-refractivity contribution in [2.75, 3.05) is 23.7 Å². The zero-order chi connectivity index (χ0) is 25.7. The normalized spacial score (nSPS) is 14.6. The topological polar surface area (TPSA) is 82.1 Å². The van der Waals surface area contributed by atoms with Crippen molar-refractivity contribution in [2.24, 2.45) is 0 Å². The number of benzene rings is 1. The minimum absolute atomic E-state index is 0.0108. The quantitative estimate of drug-likeness (QED) is 0.342. The zero-order valence-electron chi connectivity index (χ0n) is 22.0. The Labute approximate surface area is 213 Å². The minimum atomic E-state index is -0.184. The van der Waals surface area contributed by atoms with Crippen molar-refractivity contribution < 1.29 is 9.13 Å². The van der Waals surface area contributed by atoms with E-state index in [-0.39, 0.29) is 11.9 Å². The lowest BCUT2D eigenvalue weighted by molar-refractivity contribution is 0.242. The molecule has 1 aliphatic heterocycles. The molecule has 2 aromatic heterocycles. The average molecular weight is 495 g/mol. The number of halogens is 1. The molecule has 1 fully saturated rings. The van der Waals surface area contributed by atoms with E-state index in [0.717, 1.165) is 61.8 Å². The van der Waals surface area contributed by atoms with Gasteiger partial charge in [0.1, 0.15) is 18.0 Å². The zero-order valence-corrected chi connectivity index (χ0v) is 22.0. The predicted molar refractivity (Wildman–Crippen MR) is 143 cm³/mol. The smallest absolute Gasteiger partial charge is 0.204 e. The van der Waals surface area contributed by atoms with E-state index < -0.39 is 0 Å². The van der Waals surface area contributed by atoms with Gasteiger partial charge in [-0.2, -0.15) is 0 Å². The van der Waals surface area contributed by atoms with Gasteiger partial charge in [-0.3, -0.25) is 0 Å². The molecule has 4 rings (SSSR count). The van der Waals surface area contributed by atoms with Crippen LogP contribution in [0.1, 0.15) is 76.6 Å². The van der Waals surface area contributed by atoms with Gasteiger partial charge in [-0.25, -0.2) is 19.3 Å². The van der Waals surface area contributed by atoms with Crippen LogP contribution in [0.25, 0.3) is 11.3 Å². The van der Waals surface area contributed by atoms with E-state index in [1.165, 1.54) is 31.7 Å². The number of ether oxygens (including phenoxy) is 1. The summed E-state index contributed by atoms with van der Waals surface area (Å²) in [5.74, 6) is 2.99. The maximum absolute atomic E-state index is 13.9. The van der Waals surface area contributed by atoms with Crippen LogP contribution in [-0.2, 0) is 6.54 Å². The van der Waals surface area contributed by atoms with Crippen molar-refractivity contribution in [3.63, 3.8) is 0 Å². The van der Waals surface area contributed by atoms with Crippen LogP contribution in [-0.4, -0.2) is 38.7 Å². The van der Waals surface area contributed by atoms with Gasteiger partial charge in [0.15, 0.2) is 11.6 Å². The first-order valence-corrected chi connectivity index (χ1v) is 13.2. The van der Waals surface area contributed by atoms with Gasteiger partial charge in [0.2, 0.25) is 5.75 Å². The summed E-state index contributed by atoms with van der Waals surface area (Å²) in [6, 6.07) is 5.25. The van der Waals surface area contributed by atoms with Gasteiger partial charge < -0.3 is 19.9 Å². The summed E-state index contributed by atoms with van der Waals surface area (Å²) in [5, 5.41) is 0. The number of aromatic nitrogens is 4. The van der Waals surface area contributed by atoms with Crippen molar-refractivity contribution in [3.05, 3.63) is 47.9 Å². The first-order chi connectivity index (χ1) is 17.4. The highest BCUT2D eigenvalue weighted by Gasteiger charge is 2.28. The summed E-state index contributed by atoms with van der Waals surface area (Å²) in [6.07, 6.45) is 10.4. The van der Waals surface area contributed by atoms with Crippen molar-refractivity contribution in [2.45, 2.75) is 84.8 Å². The van der Waals surface area contributed by atoms with Crippen molar-refractivity contribution in [1.82, 2.24) is 19.5 Å². The van der Waals surface area contributed by atoms with Gasteiger partial charge in [-0.1, -0.05) is 26.2 Å². The van der Waals surface area contributed by atoms with Gasteiger partial charge in [-0.05, 0) is 63.8 Å². The molecule has 0 bridgehead atoms. The second kappa shape index (κ2) is 11.7. The monoisotopic (exact) mass is 494 g/mol. The summed E-state index contributed by atoms with van der Waals surface area (Å²) in [5.41, 5.74) is 8.65. The Morgan fingerprint density at radius 2 is 1.92 bits per heavy atom. The SMILES string of the molecule is CCCCCCn1cc(-c2ccc(F)c(C)c2)nc1C1CCN(c2ncnc(N)c2OC(C)C)CC1. The van der Waals surface area contributed by atoms with Gasteiger partial charge in [-0.15, -0.1) is 0 Å². The number of nitrogens with two attached hydrogens (primary N) is 1. The Kier molecular flexibility index (Phi) is 8.44. The van der Waals surface area contributed by atoms with Crippen molar-refractivity contribution in [1.29, 1.82) is 0 Å². The van der Waals surface area contributed by atoms with E-state index in [4.69, 9.17) is 15.5 Å². The summed E-state index contributed by atoms with van der Waals surface area (Å²) in [4.78, 5) is 16.0. The number of hydrogen-bond donors (Lipinski definition) is 1. The Balaban J connectivity index is 1.54. The maximum atomic E-state index is 13.9. The molecule has 1 saturated heterocycles. The maximum Gasteiger partial charge on any atom is 0.204 e. The molecule has 3 heterocycles. The standard InChI is InChI=1S/C28H39FN6O/c1-5-6-7-8-13-35-17-24(22-9-10-23(29)20(4)16-22)33-27(35)21-11-14-34(15-12-21)28-25(36-19(2)3)26(30)31-18-32-28/h9-10,16-19,21H,5-8,11-15H2,1-4H3,(H2,30,31,32). The largest absolute Gasteiger partial charge is 0.484 e. The summed E-state index contributed by atoms with van der Waals surface area (Å²) in [6.45, 7) is 10.6. The lowest BCUT2D eigenvalue weighted by Crippen LogP contribution is -2.35. The molecule has 1 aliphatic rings. The van der Waals surface area contributed by atoms with Crippen LogP contribution in [0.2, 0.25) is 0 Å². The second-order valence-electron chi connectivity index (χ2n) is 10.0. The molecule has 0 amide bonds. The molecule has 0 spiro atoms. The van der Waals surface area contributed by atoms with E-state index in [0.29, 0.717) is 23.0 Å².